The Balaban J connectivity index is 3.79. The van der Waals surface area contributed by atoms with Crippen LogP contribution in [-0.4, -0.2) is 19.5 Å². The zero-order valence-corrected chi connectivity index (χ0v) is 9.74. The van der Waals surface area contributed by atoms with Crippen LogP contribution >= 0.6 is 0 Å². The standard InChI is InChI=1S/C12H21N3/c1-4-11(9-14-3)10-15-8-6-7-12(13)5-2/h5,9-10H,3-4,6-8,13H2,1-2H3/b11-9-,12-5-,15-10?. The van der Waals surface area contributed by atoms with E-state index in [1.807, 2.05) is 19.2 Å². The Morgan fingerprint density at radius 1 is 1.47 bits per heavy atom. The van der Waals surface area contributed by atoms with Crippen LogP contribution in [0, 0.1) is 0 Å². The quantitative estimate of drug-likeness (QED) is 0.506. The van der Waals surface area contributed by atoms with Crippen LogP contribution in [0.3, 0.4) is 0 Å². The van der Waals surface area contributed by atoms with Gasteiger partial charge in [-0.25, -0.2) is 0 Å². The van der Waals surface area contributed by atoms with Crippen molar-refractivity contribution >= 4 is 12.9 Å². The average molecular weight is 207 g/mol. The van der Waals surface area contributed by atoms with Gasteiger partial charge in [0.25, 0.3) is 0 Å². The minimum absolute atomic E-state index is 0.809. The highest BCUT2D eigenvalue weighted by molar-refractivity contribution is 5.78. The van der Waals surface area contributed by atoms with Gasteiger partial charge in [-0.05, 0) is 38.5 Å². The van der Waals surface area contributed by atoms with E-state index in [0.717, 1.165) is 37.1 Å². The Hall–Kier alpha value is -1.38. The molecule has 0 saturated heterocycles. The van der Waals surface area contributed by atoms with E-state index in [2.05, 4.69) is 23.6 Å². The van der Waals surface area contributed by atoms with Gasteiger partial charge in [-0.2, -0.15) is 0 Å². The summed E-state index contributed by atoms with van der Waals surface area (Å²) < 4.78 is 0. The first-order chi connectivity index (χ1) is 7.24. The van der Waals surface area contributed by atoms with Gasteiger partial charge in [-0.1, -0.05) is 13.0 Å². The Kier molecular flexibility index (Phi) is 8.34. The molecule has 2 N–H and O–H groups in total. The Morgan fingerprint density at radius 2 is 2.20 bits per heavy atom. The van der Waals surface area contributed by atoms with Crippen molar-refractivity contribution in [2.75, 3.05) is 6.54 Å². The lowest BCUT2D eigenvalue weighted by molar-refractivity contribution is 0.817. The second kappa shape index (κ2) is 9.19. The van der Waals surface area contributed by atoms with E-state index in [1.165, 1.54) is 0 Å². The van der Waals surface area contributed by atoms with E-state index in [0.29, 0.717) is 0 Å². The number of rotatable bonds is 7. The fraction of sp³-hybridized carbons (Fsp3) is 0.500. The van der Waals surface area contributed by atoms with Gasteiger partial charge >= 0.3 is 0 Å². The van der Waals surface area contributed by atoms with Gasteiger partial charge in [0.1, 0.15) is 0 Å². The molecule has 84 valence electrons. The average Bonchev–Trinajstić information content (AvgIpc) is 2.26. The molecule has 0 atom stereocenters. The third-order valence-electron chi connectivity index (χ3n) is 2.05. The van der Waals surface area contributed by atoms with Crippen LogP contribution in [0.15, 0.2) is 33.5 Å². The summed E-state index contributed by atoms with van der Waals surface area (Å²) in [5, 5.41) is 0. The molecule has 0 aromatic rings. The molecule has 0 spiro atoms. The van der Waals surface area contributed by atoms with Crippen molar-refractivity contribution in [3.05, 3.63) is 23.5 Å². The minimum atomic E-state index is 0.809. The molecule has 3 nitrogen and oxygen atoms in total. The molecule has 3 heteroatoms. The van der Waals surface area contributed by atoms with E-state index >= 15 is 0 Å². The van der Waals surface area contributed by atoms with E-state index < -0.39 is 0 Å². The Labute approximate surface area is 92.5 Å². The third-order valence-corrected chi connectivity index (χ3v) is 2.05. The molecule has 0 fully saturated rings. The first-order valence-corrected chi connectivity index (χ1v) is 5.30. The van der Waals surface area contributed by atoms with Crippen molar-refractivity contribution in [1.29, 1.82) is 0 Å². The fourth-order valence-corrected chi connectivity index (χ4v) is 1.03. The van der Waals surface area contributed by atoms with Gasteiger partial charge in [0.2, 0.25) is 0 Å². The molecule has 0 radical (unpaired) electrons. The zero-order valence-electron chi connectivity index (χ0n) is 9.74. The minimum Gasteiger partial charge on any atom is -0.402 e. The fourth-order valence-electron chi connectivity index (χ4n) is 1.03. The third kappa shape index (κ3) is 7.67. The lowest BCUT2D eigenvalue weighted by Crippen LogP contribution is -1.97. The van der Waals surface area contributed by atoms with Crippen molar-refractivity contribution in [3.63, 3.8) is 0 Å². The monoisotopic (exact) mass is 207 g/mol. The highest BCUT2D eigenvalue weighted by atomic mass is 14.7. The Morgan fingerprint density at radius 3 is 2.73 bits per heavy atom. The first-order valence-electron chi connectivity index (χ1n) is 5.30. The number of nitrogens with two attached hydrogens (primary N) is 1. The number of aliphatic imine (C=N–C) groups is 2. The molecule has 0 heterocycles. The maximum absolute atomic E-state index is 5.66. The summed E-state index contributed by atoms with van der Waals surface area (Å²) in [5.74, 6) is 0. The lowest BCUT2D eigenvalue weighted by Gasteiger charge is -1.98. The van der Waals surface area contributed by atoms with E-state index in [4.69, 9.17) is 5.73 Å². The zero-order chi connectivity index (χ0) is 11.5. The summed E-state index contributed by atoms with van der Waals surface area (Å²) in [6, 6.07) is 0. The predicted molar refractivity (Wildman–Crippen MR) is 68.5 cm³/mol. The normalized spacial score (nSPS) is 13.5. The molecular formula is C12H21N3. The number of hydrogen-bond acceptors (Lipinski definition) is 3. The van der Waals surface area contributed by atoms with Crippen LogP contribution in [0.1, 0.15) is 33.1 Å². The van der Waals surface area contributed by atoms with Gasteiger partial charge in [-0.15, -0.1) is 0 Å². The van der Waals surface area contributed by atoms with Gasteiger partial charge in [0, 0.05) is 24.7 Å². The van der Waals surface area contributed by atoms with Gasteiger partial charge in [-0.3, -0.25) is 9.98 Å². The molecule has 0 aromatic heterocycles. The van der Waals surface area contributed by atoms with Crippen molar-refractivity contribution in [3.8, 4) is 0 Å². The van der Waals surface area contributed by atoms with Crippen LogP contribution in [0.5, 0.6) is 0 Å². The molecule has 0 unspecified atom stereocenters. The summed E-state index contributed by atoms with van der Waals surface area (Å²) in [6.45, 7) is 8.24. The highest BCUT2D eigenvalue weighted by Crippen LogP contribution is 2.00. The SMILES string of the molecule is C=N/C=C(\C=NCCC/C(N)=C/C)CC. The summed E-state index contributed by atoms with van der Waals surface area (Å²) in [6.07, 6.45) is 8.37. The van der Waals surface area contributed by atoms with Gasteiger partial charge < -0.3 is 5.73 Å². The molecule has 0 aliphatic heterocycles. The topological polar surface area (TPSA) is 50.7 Å². The molecule has 0 rings (SSSR count). The molecule has 0 amide bonds. The maximum atomic E-state index is 5.66. The molecule has 0 aliphatic rings. The Bertz CT molecular complexity index is 262. The van der Waals surface area contributed by atoms with Crippen LogP contribution in [0.25, 0.3) is 0 Å². The first kappa shape index (κ1) is 13.6. The molecule has 0 aromatic carbocycles. The molecule has 0 aliphatic carbocycles. The second-order valence-electron chi connectivity index (χ2n) is 3.24. The lowest BCUT2D eigenvalue weighted by atomic mass is 10.2. The largest absolute Gasteiger partial charge is 0.402 e. The summed E-state index contributed by atoms with van der Waals surface area (Å²) in [5.41, 5.74) is 7.70. The predicted octanol–water partition coefficient (Wildman–Crippen LogP) is 2.69. The summed E-state index contributed by atoms with van der Waals surface area (Å²) in [4.78, 5) is 8.02. The summed E-state index contributed by atoms with van der Waals surface area (Å²) in [7, 11) is 0. The van der Waals surface area contributed by atoms with Crippen LogP contribution < -0.4 is 5.73 Å². The summed E-state index contributed by atoms with van der Waals surface area (Å²) >= 11 is 0. The maximum Gasteiger partial charge on any atom is 0.0393 e. The van der Waals surface area contributed by atoms with Gasteiger partial charge in [0.15, 0.2) is 0 Å². The van der Waals surface area contributed by atoms with Crippen molar-refractivity contribution in [2.24, 2.45) is 15.7 Å². The van der Waals surface area contributed by atoms with Crippen LogP contribution in [-0.2, 0) is 0 Å². The molecule has 0 saturated carbocycles. The number of nitrogens with zero attached hydrogens (tertiary/aromatic N) is 2. The highest BCUT2D eigenvalue weighted by Gasteiger charge is 1.89. The molecule has 0 bridgehead atoms. The smallest absolute Gasteiger partial charge is 0.0393 e. The van der Waals surface area contributed by atoms with E-state index in [1.54, 1.807) is 6.20 Å². The van der Waals surface area contributed by atoms with E-state index in [-0.39, 0.29) is 0 Å². The van der Waals surface area contributed by atoms with Crippen molar-refractivity contribution in [2.45, 2.75) is 33.1 Å². The van der Waals surface area contributed by atoms with Crippen molar-refractivity contribution in [1.82, 2.24) is 0 Å². The van der Waals surface area contributed by atoms with E-state index in [9.17, 15) is 0 Å². The molecule has 15 heavy (non-hydrogen) atoms. The second-order valence-corrected chi connectivity index (χ2v) is 3.24. The molecular weight excluding hydrogens is 186 g/mol. The van der Waals surface area contributed by atoms with Gasteiger partial charge in [0.05, 0.1) is 0 Å². The van der Waals surface area contributed by atoms with Crippen molar-refractivity contribution < 1.29 is 0 Å². The number of allylic oxidation sites excluding steroid dienone is 3. The number of hydrogen-bond donors (Lipinski definition) is 1. The van der Waals surface area contributed by atoms with Crippen LogP contribution in [0.2, 0.25) is 0 Å². The van der Waals surface area contributed by atoms with Crippen LogP contribution in [0.4, 0.5) is 0 Å².